The van der Waals surface area contributed by atoms with Crippen molar-refractivity contribution in [1.29, 1.82) is 0 Å². The molecule has 4 heteroatoms. The van der Waals surface area contributed by atoms with Gasteiger partial charge in [-0.2, -0.15) is 0 Å². The normalized spacial score (nSPS) is 16.7. The summed E-state index contributed by atoms with van der Waals surface area (Å²) in [7, 11) is 0. The Bertz CT molecular complexity index is 639. The first-order valence-electron chi connectivity index (χ1n) is 6.98. The predicted molar refractivity (Wildman–Crippen MR) is 86.2 cm³/mol. The van der Waals surface area contributed by atoms with Gasteiger partial charge in [-0.3, -0.25) is 4.79 Å². The molecule has 0 amide bonds. The van der Waals surface area contributed by atoms with Crippen LogP contribution in [0.3, 0.4) is 0 Å². The van der Waals surface area contributed by atoms with E-state index in [4.69, 9.17) is 4.74 Å². The minimum absolute atomic E-state index is 0.146. The summed E-state index contributed by atoms with van der Waals surface area (Å²) >= 11 is 3.39. The van der Waals surface area contributed by atoms with Crippen LogP contribution in [0.2, 0.25) is 0 Å². The Morgan fingerprint density at radius 3 is 2.76 bits per heavy atom. The molecule has 0 saturated heterocycles. The Labute approximate surface area is 132 Å². The molecule has 1 aliphatic heterocycles. The minimum Gasteiger partial charge on any atom is -0.460 e. The molecule has 2 aromatic rings. The Morgan fingerprint density at radius 2 is 1.95 bits per heavy atom. The first kappa shape index (κ1) is 14.1. The fourth-order valence-corrected chi connectivity index (χ4v) is 2.81. The standard InChI is InChI=1S/C17H16BrNO2/c18-13-7-5-12(6-8-13)11-21-17(20)15-9-10-19-16-4-2-1-3-14(15)16/h1-8,15,19H,9-11H2. The van der Waals surface area contributed by atoms with E-state index in [-0.39, 0.29) is 11.9 Å². The highest BCUT2D eigenvalue weighted by atomic mass is 79.9. The van der Waals surface area contributed by atoms with Gasteiger partial charge < -0.3 is 10.1 Å². The van der Waals surface area contributed by atoms with Crippen molar-refractivity contribution >= 4 is 27.6 Å². The van der Waals surface area contributed by atoms with Crippen molar-refractivity contribution in [2.75, 3.05) is 11.9 Å². The minimum atomic E-state index is -0.169. The predicted octanol–water partition coefficient (Wildman–Crippen LogP) is 4.09. The van der Waals surface area contributed by atoms with Gasteiger partial charge in [-0.15, -0.1) is 0 Å². The molecule has 0 bridgehead atoms. The lowest BCUT2D eigenvalue weighted by molar-refractivity contribution is -0.147. The maximum Gasteiger partial charge on any atom is 0.313 e. The van der Waals surface area contributed by atoms with Crippen molar-refractivity contribution in [2.24, 2.45) is 0 Å². The molecule has 0 radical (unpaired) electrons. The van der Waals surface area contributed by atoms with E-state index in [9.17, 15) is 4.79 Å². The summed E-state index contributed by atoms with van der Waals surface area (Å²) in [6.45, 7) is 1.12. The Morgan fingerprint density at radius 1 is 1.19 bits per heavy atom. The molecule has 2 aromatic carbocycles. The van der Waals surface area contributed by atoms with Gasteiger partial charge in [-0.1, -0.05) is 46.3 Å². The van der Waals surface area contributed by atoms with Crippen LogP contribution in [-0.4, -0.2) is 12.5 Å². The number of rotatable bonds is 3. The van der Waals surface area contributed by atoms with E-state index in [0.29, 0.717) is 6.61 Å². The molecule has 0 fully saturated rings. The van der Waals surface area contributed by atoms with Gasteiger partial charge >= 0.3 is 5.97 Å². The first-order chi connectivity index (χ1) is 10.2. The summed E-state index contributed by atoms with van der Waals surface area (Å²) < 4.78 is 6.50. The van der Waals surface area contributed by atoms with Crippen molar-refractivity contribution in [1.82, 2.24) is 0 Å². The van der Waals surface area contributed by atoms with Crippen molar-refractivity contribution in [3.05, 3.63) is 64.1 Å². The molecular formula is C17H16BrNO2. The Kier molecular flexibility index (Phi) is 4.25. The summed E-state index contributed by atoms with van der Waals surface area (Å²) in [6.07, 6.45) is 0.774. The van der Waals surface area contributed by atoms with Gasteiger partial charge in [-0.05, 0) is 35.7 Å². The summed E-state index contributed by atoms with van der Waals surface area (Å²) in [5.74, 6) is -0.315. The topological polar surface area (TPSA) is 38.3 Å². The van der Waals surface area contributed by atoms with Crippen LogP contribution in [0, 0.1) is 0 Å². The average Bonchev–Trinajstić information content (AvgIpc) is 2.53. The molecule has 0 saturated carbocycles. The van der Waals surface area contributed by atoms with Gasteiger partial charge in [0.25, 0.3) is 0 Å². The van der Waals surface area contributed by atoms with E-state index in [1.807, 2.05) is 48.5 Å². The number of nitrogens with one attached hydrogen (secondary N) is 1. The second-order valence-electron chi connectivity index (χ2n) is 5.09. The van der Waals surface area contributed by atoms with Crippen molar-refractivity contribution < 1.29 is 9.53 Å². The van der Waals surface area contributed by atoms with Crippen molar-refractivity contribution in [2.45, 2.75) is 18.9 Å². The van der Waals surface area contributed by atoms with Gasteiger partial charge in [0.1, 0.15) is 6.61 Å². The number of halogens is 1. The van der Waals surface area contributed by atoms with Crippen molar-refractivity contribution in [3.8, 4) is 0 Å². The van der Waals surface area contributed by atoms with Crippen LogP contribution in [0.15, 0.2) is 53.0 Å². The van der Waals surface area contributed by atoms with Crippen LogP contribution in [0.25, 0.3) is 0 Å². The summed E-state index contributed by atoms with van der Waals surface area (Å²) in [5, 5.41) is 3.31. The third kappa shape index (κ3) is 3.27. The highest BCUT2D eigenvalue weighted by Crippen LogP contribution is 2.32. The number of hydrogen-bond donors (Lipinski definition) is 1. The molecule has 1 N–H and O–H groups in total. The number of carbonyl (C=O) groups excluding carboxylic acids is 1. The van der Waals surface area contributed by atoms with Crippen LogP contribution in [-0.2, 0) is 16.1 Å². The molecule has 1 unspecified atom stereocenters. The number of esters is 1. The quantitative estimate of drug-likeness (QED) is 0.851. The fraction of sp³-hybridized carbons (Fsp3) is 0.235. The maximum atomic E-state index is 12.3. The molecule has 1 aliphatic rings. The zero-order chi connectivity index (χ0) is 14.7. The van der Waals surface area contributed by atoms with Gasteiger partial charge in [0.05, 0.1) is 5.92 Å². The van der Waals surface area contributed by atoms with Gasteiger partial charge in [0.15, 0.2) is 0 Å². The average molecular weight is 346 g/mol. The molecular weight excluding hydrogens is 330 g/mol. The van der Waals surface area contributed by atoms with Crippen molar-refractivity contribution in [3.63, 3.8) is 0 Å². The molecule has 0 aliphatic carbocycles. The third-order valence-electron chi connectivity index (χ3n) is 3.66. The smallest absolute Gasteiger partial charge is 0.313 e. The van der Waals surface area contributed by atoms with Crippen LogP contribution in [0.5, 0.6) is 0 Å². The highest BCUT2D eigenvalue weighted by molar-refractivity contribution is 9.10. The summed E-state index contributed by atoms with van der Waals surface area (Å²) in [5.41, 5.74) is 3.06. The number of carbonyl (C=O) groups is 1. The lowest BCUT2D eigenvalue weighted by Gasteiger charge is -2.25. The second-order valence-corrected chi connectivity index (χ2v) is 6.01. The van der Waals surface area contributed by atoms with E-state index in [1.54, 1.807) is 0 Å². The van der Waals surface area contributed by atoms with Gasteiger partial charge in [-0.25, -0.2) is 0 Å². The Balaban J connectivity index is 1.68. The molecule has 3 nitrogen and oxygen atoms in total. The molecule has 1 atom stereocenters. The maximum absolute atomic E-state index is 12.3. The second kappa shape index (κ2) is 6.31. The SMILES string of the molecule is O=C(OCc1ccc(Br)cc1)C1CCNc2ccccc21. The van der Waals surface area contributed by atoms with Gasteiger partial charge in [0.2, 0.25) is 0 Å². The first-order valence-corrected chi connectivity index (χ1v) is 7.77. The number of benzene rings is 2. The van der Waals surface area contributed by atoms with E-state index < -0.39 is 0 Å². The van der Waals surface area contributed by atoms with E-state index in [2.05, 4.69) is 21.2 Å². The van der Waals surface area contributed by atoms with E-state index >= 15 is 0 Å². The monoisotopic (exact) mass is 345 g/mol. The summed E-state index contributed by atoms with van der Waals surface area (Å²) in [6, 6.07) is 15.7. The number of fused-ring (bicyclic) bond motifs is 1. The largest absolute Gasteiger partial charge is 0.460 e. The van der Waals surface area contributed by atoms with E-state index in [0.717, 1.165) is 34.3 Å². The van der Waals surface area contributed by atoms with Crippen LogP contribution in [0.4, 0.5) is 5.69 Å². The lowest BCUT2D eigenvalue weighted by atomic mass is 9.91. The molecule has 1 heterocycles. The summed E-state index contributed by atoms with van der Waals surface area (Å²) in [4.78, 5) is 12.3. The third-order valence-corrected chi connectivity index (χ3v) is 4.19. The Hall–Kier alpha value is -1.81. The number of hydrogen-bond acceptors (Lipinski definition) is 3. The lowest BCUT2D eigenvalue weighted by Crippen LogP contribution is -2.24. The molecule has 0 aromatic heterocycles. The van der Waals surface area contributed by atoms with Crippen LogP contribution in [0.1, 0.15) is 23.5 Å². The number of ether oxygens (including phenoxy) is 1. The molecule has 108 valence electrons. The van der Waals surface area contributed by atoms with Gasteiger partial charge in [0, 0.05) is 16.7 Å². The zero-order valence-corrected chi connectivity index (χ0v) is 13.1. The highest BCUT2D eigenvalue weighted by Gasteiger charge is 2.27. The number of anilines is 1. The van der Waals surface area contributed by atoms with Crippen LogP contribution >= 0.6 is 15.9 Å². The molecule has 21 heavy (non-hydrogen) atoms. The molecule has 3 rings (SSSR count). The van der Waals surface area contributed by atoms with Crippen LogP contribution < -0.4 is 5.32 Å². The number of para-hydroxylation sites is 1. The fourth-order valence-electron chi connectivity index (χ4n) is 2.55. The van der Waals surface area contributed by atoms with E-state index in [1.165, 1.54) is 0 Å². The molecule has 0 spiro atoms. The zero-order valence-electron chi connectivity index (χ0n) is 11.5.